The Bertz CT molecular complexity index is 378. The number of hydrogen-bond donors (Lipinski definition) is 1. The number of rotatable bonds is 1. The highest BCUT2D eigenvalue weighted by Gasteiger charge is 2.42. The van der Waals surface area contributed by atoms with Gasteiger partial charge in [-0.1, -0.05) is 18.2 Å². The molecule has 3 heteroatoms. The minimum absolute atomic E-state index is 0.114. The zero-order chi connectivity index (χ0) is 11.1. The molecule has 1 saturated heterocycles. The van der Waals surface area contributed by atoms with Gasteiger partial charge in [-0.05, 0) is 26.8 Å². The lowest BCUT2D eigenvalue weighted by molar-refractivity contribution is -0.000639. The van der Waals surface area contributed by atoms with Crippen molar-refractivity contribution in [1.82, 2.24) is 5.32 Å². The Hall–Kier alpha value is -0.930. The summed E-state index contributed by atoms with van der Waals surface area (Å²) in [5.74, 6) is -0.231. The van der Waals surface area contributed by atoms with E-state index in [-0.39, 0.29) is 11.4 Å². The summed E-state index contributed by atoms with van der Waals surface area (Å²) < 4.78 is 19.3. The van der Waals surface area contributed by atoms with Crippen molar-refractivity contribution in [2.24, 2.45) is 0 Å². The van der Waals surface area contributed by atoms with Crippen LogP contribution < -0.4 is 5.32 Å². The lowest BCUT2D eigenvalue weighted by Gasteiger charge is -2.27. The van der Waals surface area contributed by atoms with Crippen LogP contribution in [0, 0.1) is 5.82 Å². The quantitative estimate of drug-likeness (QED) is 0.766. The molecule has 1 heterocycles. The summed E-state index contributed by atoms with van der Waals surface area (Å²) in [6.07, 6.45) is 0. The molecule has 0 saturated carbocycles. The van der Waals surface area contributed by atoms with E-state index >= 15 is 0 Å². The summed E-state index contributed by atoms with van der Waals surface area (Å²) in [5, 5.41) is 3.30. The first-order valence-electron chi connectivity index (χ1n) is 5.11. The summed E-state index contributed by atoms with van der Waals surface area (Å²) in [6, 6.07) is 6.71. The van der Waals surface area contributed by atoms with Crippen molar-refractivity contribution in [1.29, 1.82) is 0 Å². The maximum atomic E-state index is 13.6. The van der Waals surface area contributed by atoms with E-state index in [0.29, 0.717) is 12.2 Å². The fraction of sp³-hybridized carbons (Fsp3) is 0.500. The molecule has 1 atom stereocenters. The fourth-order valence-corrected chi connectivity index (χ4v) is 2.04. The van der Waals surface area contributed by atoms with Gasteiger partial charge in [0, 0.05) is 11.1 Å². The second kappa shape index (κ2) is 3.29. The van der Waals surface area contributed by atoms with Gasteiger partial charge in [-0.25, -0.2) is 4.39 Å². The first kappa shape index (κ1) is 10.6. The SMILES string of the molecule is CC1(C)COC(C)(c2ccccc2F)N1. The fourth-order valence-electron chi connectivity index (χ4n) is 2.04. The van der Waals surface area contributed by atoms with Gasteiger partial charge in [0.15, 0.2) is 0 Å². The number of benzene rings is 1. The molecular weight excluding hydrogens is 193 g/mol. The summed E-state index contributed by atoms with van der Waals surface area (Å²) >= 11 is 0. The monoisotopic (exact) mass is 209 g/mol. The van der Waals surface area contributed by atoms with Crippen LogP contribution in [-0.2, 0) is 10.5 Å². The molecule has 0 aromatic heterocycles. The second-order valence-corrected chi connectivity index (χ2v) is 4.81. The summed E-state index contributed by atoms with van der Waals surface area (Å²) in [5.41, 5.74) is -0.262. The molecular formula is C12H16FNO. The van der Waals surface area contributed by atoms with Crippen molar-refractivity contribution in [3.05, 3.63) is 35.6 Å². The van der Waals surface area contributed by atoms with Crippen molar-refractivity contribution in [2.45, 2.75) is 32.0 Å². The average Bonchev–Trinajstić information content (AvgIpc) is 2.42. The third kappa shape index (κ3) is 1.90. The lowest BCUT2D eigenvalue weighted by Crippen LogP contribution is -2.44. The molecule has 0 spiro atoms. The Labute approximate surface area is 89.4 Å². The first-order chi connectivity index (χ1) is 6.93. The Morgan fingerprint density at radius 1 is 1.27 bits per heavy atom. The molecule has 0 bridgehead atoms. The number of nitrogens with one attached hydrogen (secondary N) is 1. The van der Waals surface area contributed by atoms with Crippen molar-refractivity contribution >= 4 is 0 Å². The predicted molar refractivity (Wildman–Crippen MR) is 56.9 cm³/mol. The highest BCUT2D eigenvalue weighted by Crippen LogP contribution is 2.33. The zero-order valence-electron chi connectivity index (χ0n) is 9.30. The number of halogens is 1. The van der Waals surface area contributed by atoms with E-state index in [1.54, 1.807) is 12.1 Å². The van der Waals surface area contributed by atoms with Gasteiger partial charge in [0.05, 0.1) is 6.61 Å². The highest BCUT2D eigenvalue weighted by molar-refractivity contribution is 5.25. The van der Waals surface area contributed by atoms with E-state index < -0.39 is 5.72 Å². The van der Waals surface area contributed by atoms with E-state index in [1.165, 1.54) is 6.07 Å². The maximum Gasteiger partial charge on any atom is 0.145 e. The molecule has 15 heavy (non-hydrogen) atoms. The molecule has 2 nitrogen and oxygen atoms in total. The van der Waals surface area contributed by atoms with Crippen LogP contribution in [0.2, 0.25) is 0 Å². The van der Waals surface area contributed by atoms with E-state index in [2.05, 4.69) is 5.32 Å². The van der Waals surface area contributed by atoms with Gasteiger partial charge in [0.2, 0.25) is 0 Å². The summed E-state index contributed by atoms with van der Waals surface area (Å²) in [6.45, 7) is 6.52. The molecule has 1 N–H and O–H groups in total. The molecule has 1 aromatic carbocycles. The van der Waals surface area contributed by atoms with Crippen LogP contribution >= 0.6 is 0 Å². The molecule has 1 aliphatic rings. The molecule has 82 valence electrons. The van der Waals surface area contributed by atoms with E-state index in [4.69, 9.17) is 4.74 Å². The van der Waals surface area contributed by atoms with Crippen LogP contribution in [-0.4, -0.2) is 12.1 Å². The molecule has 0 aliphatic carbocycles. The van der Waals surface area contributed by atoms with Crippen LogP contribution in [0.1, 0.15) is 26.3 Å². The van der Waals surface area contributed by atoms with Gasteiger partial charge in [-0.15, -0.1) is 0 Å². The van der Waals surface area contributed by atoms with Crippen LogP contribution in [0.5, 0.6) is 0 Å². The molecule has 1 unspecified atom stereocenters. The zero-order valence-corrected chi connectivity index (χ0v) is 9.30. The van der Waals surface area contributed by atoms with Gasteiger partial charge in [-0.3, -0.25) is 5.32 Å². The van der Waals surface area contributed by atoms with Crippen molar-refractivity contribution in [2.75, 3.05) is 6.61 Å². The molecule has 0 radical (unpaired) electrons. The minimum Gasteiger partial charge on any atom is -0.355 e. The van der Waals surface area contributed by atoms with Crippen molar-refractivity contribution in [3.8, 4) is 0 Å². The molecule has 0 amide bonds. The van der Waals surface area contributed by atoms with Crippen LogP contribution in [0.4, 0.5) is 4.39 Å². The van der Waals surface area contributed by atoms with Crippen molar-refractivity contribution < 1.29 is 9.13 Å². The Kier molecular flexibility index (Phi) is 2.32. The van der Waals surface area contributed by atoms with Gasteiger partial charge in [-0.2, -0.15) is 0 Å². The van der Waals surface area contributed by atoms with E-state index in [1.807, 2.05) is 26.8 Å². The van der Waals surface area contributed by atoms with Crippen LogP contribution in [0.25, 0.3) is 0 Å². The average molecular weight is 209 g/mol. The smallest absolute Gasteiger partial charge is 0.145 e. The Morgan fingerprint density at radius 2 is 1.93 bits per heavy atom. The Morgan fingerprint density at radius 3 is 2.47 bits per heavy atom. The van der Waals surface area contributed by atoms with E-state index in [0.717, 1.165) is 0 Å². The maximum absolute atomic E-state index is 13.6. The van der Waals surface area contributed by atoms with Crippen molar-refractivity contribution in [3.63, 3.8) is 0 Å². The normalized spacial score (nSPS) is 29.3. The number of hydrogen-bond acceptors (Lipinski definition) is 2. The van der Waals surface area contributed by atoms with Gasteiger partial charge >= 0.3 is 0 Å². The van der Waals surface area contributed by atoms with Crippen LogP contribution in [0.3, 0.4) is 0 Å². The second-order valence-electron chi connectivity index (χ2n) is 4.81. The highest BCUT2D eigenvalue weighted by atomic mass is 19.1. The standard InChI is InChI=1S/C12H16FNO/c1-11(2)8-15-12(3,14-11)9-6-4-5-7-10(9)13/h4-7,14H,8H2,1-3H3. The Balaban J connectivity index is 2.36. The van der Waals surface area contributed by atoms with Gasteiger partial charge in [0.1, 0.15) is 11.5 Å². The molecule has 2 rings (SSSR count). The van der Waals surface area contributed by atoms with Crippen LogP contribution in [0.15, 0.2) is 24.3 Å². The van der Waals surface area contributed by atoms with E-state index in [9.17, 15) is 4.39 Å². The summed E-state index contributed by atoms with van der Waals surface area (Å²) in [4.78, 5) is 0. The first-order valence-corrected chi connectivity index (χ1v) is 5.11. The predicted octanol–water partition coefficient (Wildman–Crippen LogP) is 2.40. The van der Waals surface area contributed by atoms with Gasteiger partial charge < -0.3 is 4.74 Å². The number of ether oxygens (including phenoxy) is 1. The summed E-state index contributed by atoms with van der Waals surface area (Å²) in [7, 11) is 0. The molecule has 1 aliphatic heterocycles. The molecule has 1 fully saturated rings. The molecule has 1 aromatic rings. The largest absolute Gasteiger partial charge is 0.355 e. The lowest BCUT2D eigenvalue weighted by atomic mass is 10.0. The third-order valence-electron chi connectivity index (χ3n) is 2.69. The third-order valence-corrected chi connectivity index (χ3v) is 2.69. The minimum atomic E-state index is -0.713. The topological polar surface area (TPSA) is 21.3 Å². The van der Waals surface area contributed by atoms with Gasteiger partial charge in [0.25, 0.3) is 0 Å².